The number of piperidine rings is 1. The first-order valence-corrected chi connectivity index (χ1v) is 17.9. The van der Waals surface area contributed by atoms with Gasteiger partial charge in [0.25, 0.3) is 0 Å². The average Bonchev–Trinajstić information content (AvgIpc) is 3.28. The van der Waals surface area contributed by atoms with Crippen molar-refractivity contribution in [2.45, 2.75) is 104 Å². The van der Waals surface area contributed by atoms with Crippen LogP contribution in [0.25, 0.3) is 11.5 Å². The molecule has 3 heterocycles. The fourth-order valence-corrected chi connectivity index (χ4v) is 5.04. The maximum atomic E-state index is 12.7. The summed E-state index contributed by atoms with van der Waals surface area (Å²) >= 11 is 0. The zero-order valence-electron chi connectivity index (χ0n) is 26.0. The highest BCUT2D eigenvalue weighted by Crippen LogP contribution is 2.38. The number of ether oxygens (including phenoxy) is 3. The molecular formula is C29H47N5O6Si. The largest absolute Gasteiger partial charge is 0.504 e. The first-order chi connectivity index (χ1) is 18.9. The van der Waals surface area contributed by atoms with E-state index in [1.807, 2.05) is 20.8 Å². The summed E-state index contributed by atoms with van der Waals surface area (Å²) in [6.45, 7) is 19.6. The van der Waals surface area contributed by atoms with Gasteiger partial charge in [0, 0.05) is 51.8 Å². The number of pyridine rings is 1. The molecule has 0 bridgehead atoms. The molecule has 2 aromatic rings. The van der Waals surface area contributed by atoms with E-state index in [1.165, 1.54) is 0 Å². The SMILES string of the molecule is CC(C)(C)OC(=O)Nc1cc(C2CCN(C(=O)OC(C)(C)C)CC2)nc(-c2nccn2COCC[Si](C)(C)C)c1O. The number of carbonyl (C=O) groups excluding carboxylic acids is 2. The molecule has 0 aromatic carbocycles. The van der Waals surface area contributed by atoms with Crippen LogP contribution < -0.4 is 5.32 Å². The second-order valence-corrected chi connectivity index (χ2v) is 19.4. The minimum Gasteiger partial charge on any atom is -0.504 e. The van der Waals surface area contributed by atoms with E-state index in [9.17, 15) is 14.7 Å². The number of aromatic nitrogens is 3. The van der Waals surface area contributed by atoms with E-state index in [0.717, 1.165) is 6.04 Å². The van der Waals surface area contributed by atoms with Crippen LogP contribution in [0.4, 0.5) is 15.3 Å². The third kappa shape index (κ3) is 10.0. The Bertz CT molecular complexity index is 1200. The van der Waals surface area contributed by atoms with E-state index in [0.29, 0.717) is 44.1 Å². The Kier molecular flexibility index (Phi) is 10.1. The Hall–Kier alpha value is -3.12. The van der Waals surface area contributed by atoms with Crippen molar-refractivity contribution in [3.05, 3.63) is 24.2 Å². The molecule has 2 N–H and O–H groups in total. The van der Waals surface area contributed by atoms with Crippen molar-refractivity contribution >= 4 is 25.9 Å². The van der Waals surface area contributed by atoms with Crippen molar-refractivity contribution in [1.82, 2.24) is 19.4 Å². The van der Waals surface area contributed by atoms with Gasteiger partial charge in [-0.25, -0.2) is 19.6 Å². The van der Waals surface area contributed by atoms with E-state index in [1.54, 1.807) is 48.7 Å². The summed E-state index contributed by atoms with van der Waals surface area (Å²) in [5, 5.41) is 14.0. The topological polar surface area (TPSA) is 128 Å². The van der Waals surface area contributed by atoms with Crippen molar-refractivity contribution in [2.24, 2.45) is 0 Å². The lowest BCUT2D eigenvalue weighted by Gasteiger charge is -2.33. The summed E-state index contributed by atoms with van der Waals surface area (Å²) < 4.78 is 18.7. The smallest absolute Gasteiger partial charge is 0.412 e. The summed E-state index contributed by atoms with van der Waals surface area (Å²) in [4.78, 5) is 36.2. The quantitative estimate of drug-likeness (QED) is 0.266. The van der Waals surface area contributed by atoms with Crippen LogP contribution in [0.5, 0.6) is 5.75 Å². The van der Waals surface area contributed by atoms with Gasteiger partial charge in [-0.2, -0.15) is 0 Å². The molecule has 228 valence electrons. The molecule has 2 amide bonds. The average molecular weight is 590 g/mol. The molecule has 2 aromatic heterocycles. The van der Waals surface area contributed by atoms with E-state index in [-0.39, 0.29) is 35.9 Å². The Morgan fingerprint density at radius 2 is 1.71 bits per heavy atom. The van der Waals surface area contributed by atoms with Gasteiger partial charge in [-0.15, -0.1) is 0 Å². The molecule has 1 saturated heterocycles. The Morgan fingerprint density at radius 3 is 2.29 bits per heavy atom. The number of hydrogen-bond acceptors (Lipinski definition) is 8. The van der Waals surface area contributed by atoms with Crippen molar-refractivity contribution in [3.8, 4) is 17.3 Å². The molecule has 1 aliphatic rings. The molecule has 1 aliphatic heterocycles. The normalized spacial score (nSPS) is 15.1. The Morgan fingerprint density at radius 1 is 1.07 bits per heavy atom. The molecular weight excluding hydrogens is 542 g/mol. The number of amides is 2. The van der Waals surface area contributed by atoms with Crippen LogP contribution in [0.3, 0.4) is 0 Å². The van der Waals surface area contributed by atoms with Crippen LogP contribution in [-0.2, 0) is 20.9 Å². The maximum Gasteiger partial charge on any atom is 0.412 e. The van der Waals surface area contributed by atoms with Crippen molar-refractivity contribution in [2.75, 3.05) is 25.0 Å². The molecule has 0 atom stereocenters. The number of imidazole rings is 1. The summed E-state index contributed by atoms with van der Waals surface area (Å²) in [5.74, 6) is 0.208. The van der Waals surface area contributed by atoms with Gasteiger partial charge in [0.1, 0.15) is 23.6 Å². The minimum absolute atomic E-state index is 0.0105. The third-order valence-corrected chi connectivity index (χ3v) is 8.07. The summed E-state index contributed by atoms with van der Waals surface area (Å²) in [6, 6.07) is 2.70. The zero-order chi connectivity index (χ0) is 30.6. The number of rotatable bonds is 8. The molecule has 11 nitrogen and oxygen atoms in total. The van der Waals surface area contributed by atoms with Gasteiger partial charge in [-0.1, -0.05) is 19.6 Å². The van der Waals surface area contributed by atoms with Gasteiger partial charge in [-0.05, 0) is 66.5 Å². The van der Waals surface area contributed by atoms with Crippen LogP contribution >= 0.6 is 0 Å². The van der Waals surface area contributed by atoms with E-state index < -0.39 is 25.4 Å². The van der Waals surface area contributed by atoms with Gasteiger partial charge in [0.15, 0.2) is 11.6 Å². The molecule has 1 fully saturated rings. The summed E-state index contributed by atoms with van der Waals surface area (Å²) in [5.41, 5.74) is -0.174. The monoisotopic (exact) mass is 589 g/mol. The number of aromatic hydroxyl groups is 1. The summed E-state index contributed by atoms with van der Waals surface area (Å²) in [6.07, 6.45) is 3.68. The molecule has 0 radical (unpaired) electrons. The molecule has 0 saturated carbocycles. The maximum absolute atomic E-state index is 12.7. The van der Waals surface area contributed by atoms with Crippen molar-refractivity contribution < 1.29 is 28.9 Å². The molecule has 12 heteroatoms. The van der Waals surface area contributed by atoms with Gasteiger partial charge < -0.3 is 28.8 Å². The second kappa shape index (κ2) is 12.8. The van der Waals surface area contributed by atoms with Crippen LogP contribution in [-0.4, -0.2) is 75.7 Å². The molecule has 3 rings (SSSR count). The molecule has 0 spiro atoms. The van der Waals surface area contributed by atoms with Crippen molar-refractivity contribution in [1.29, 1.82) is 0 Å². The minimum atomic E-state index is -1.24. The lowest BCUT2D eigenvalue weighted by molar-refractivity contribution is 0.0203. The fourth-order valence-electron chi connectivity index (χ4n) is 4.29. The predicted octanol–water partition coefficient (Wildman–Crippen LogP) is 6.42. The number of nitrogens with one attached hydrogen (secondary N) is 1. The first kappa shape index (κ1) is 32.4. The lowest BCUT2D eigenvalue weighted by atomic mass is 9.92. The zero-order valence-corrected chi connectivity index (χ0v) is 27.0. The molecule has 41 heavy (non-hydrogen) atoms. The Balaban J connectivity index is 1.88. The molecule has 0 unspecified atom stereocenters. The number of carbonyl (C=O) groups is 2. The second-order valence-electron chi connectivity index (χ2n) is 13.7. The number of anilines is 1. The van der Waals surface area contributed by atoms with Gasteiger partial charge in [-0.3, -0.25) is 5.32 Å². The van der Waals surface area contributed by atoms with Gasteiger partial charge in [0.2, 0.25) is 0 Å². The van der Waals surface area contributed by atoms with Gasteiger partial charge >= 0.3 is 12.2 Å². The van der Waals surface area contributed by atoms with E-state index >= 15 is 0 Å². The van der Waals surface area contributed by atoms with Gasteiger partial charge in [0.05, 0.1) is 5.69 Å². The highest BCUT2D eigenvalue weighted by Gasteiger charge is 2.30. The van der Waals surface area contributed by atoms with E-state index in [4.69, 9.17) is 19.2 Å². The van der Waals surface area contributed by atoms with E-state index in [2.05, 4.69) is 29.9 Å². The predicted molar refractivity (Wildman–Crippen MR) is 161 cm³/mol. The lowest BCUT2D eigenvalue weighted by Crippen LogP contribution is -2.41. The highest BCUT2D eigenvalue weighted by molar-refractivity contribution is 6.76. The number of hydrogen-bond donors (Lipinski definition) is 2. The van der Waals surface area contributed by atoms with Crippen LogP contribution in [0, 0.1) is 0 Å². The van der Waals surface area contributed by atoms with Crippen LogP contribution in [0.15, 0.2) is 18.5 Å². The third-order valence-electron chi connectivity index (χ3n) is 6.37. The van der Waals surface area contributed by atoms with Crippen LogP contribution in [0.1, 0.15) is 66.0 Å². The number of likely N-dealkylation sites (tertiary alicyclic amines) is 1. The van der Waals surface area contributed by atoms with Crippen LogP contribution in [0.2, 0.25) is 25.7 Å². The number of nitrogens with zero attached hydrogens (tertiary/aromatic N) is 4. The highest BCUT2D eigenvalue weighted by atomic mass is 28.3. The Labute approximate surface area is 244 Å². The van der Waals surface area contributed by atoms with Crippen molar-refractivity contribution in [3.63, 3.8) is 0 Å². The standard InChI is InChI=1S/C29H47N5O6Si/c1-28(2,3)39-26(36)32-22-18-21(20-10-13-33(14-11-20)27(37)40-29(4,5)6)31-23(24(22)35)25-30-12-15-34(25)19-38-16-17-41(7,8)9/h12,15,18,20,35H,10-11,13-14,16-17,19H2,1-9H3,(H,31,32,36). The fraction of sp³-hybridized carbons (Fsp3) is 0.655. The molecule has 0 aliphatic carbocycles. The first-order valence-electron chi connectivity index (χ1n) is 14.2. The summed E-state index contributed by atoms with van der Waals surface area (Å²) in [7, 11) is -1.24.